The van der Waals surface area contributed by atoms with Gasteiger partial charge in [-0.2, -0.15) is 4.98 Å². The Labute approximate surface area is 99.0 Å². The van der Waals surface area contributed by atoms with Gasteiger partial charge in [-0.05, 0) is 22.0 Å². The average Bonchev–Trinajstić information content (AvgIpc) is 2.83. The number of nitrogens with zero attached hydrogens (tertiary/aromatic N) is 3. The zero-order valence-corrected chi connectivity index (χ0v) is 9.72. The molecule has 0 aliphatic heterocycles. The van der Waals surface area contributed by atoms with Crippen LogP contribution in [0.15, 0.2) is 27.6 Å². The van der Waals surface area contributed by atoms with Crippen LogP contribution in [0.2, 0.25) is 0 Å². The predicted octanol–water partition coefficient (Wildman–Crippen LogP) is 1.57. The number of carbonyl (C=O) groups is 1. The van der Waals surface area contributed by atoms with Gasteiger partial charge in [0, 0.05) is 23.6 Å². The summed E-state index contributed by atoms with van der Waals surface area (Å²) >= 11 is 3.23. The van der Waals surface area contributed by atoms with Gasteiger partial charge in [0.2, 0.25) is 5.89 Å². The smallest absolute Gasteiger partial charge is 0.352 e. The third kappa shape index (κ3) is 2.30. The molecule has 0 amide bonds. The monoisotopic (exact) mass is 285 g/mol. The summed E-state index contributed by atoms with van der Waals surface area (Å²) < 4.78 is 7.18. The summed E-state index contributed by atoms with van der Waals surface area (Å²) in [5, 5.41) is 12.4. The van der Waals surface area contributed by atoms with E-state index in [0.717, 1.165) is 4.47 Å². The van der Waals surface area contributed by atoms with Crippen LogP contribution in [0.25, 0.3) is 0 Å². The van der Waals surface area contributed by atoms with Crippen LogP contribution in [-0.2, 0) is 13.0 Å². The van der Waals surface area contributed by atoms with Crippen molar-refractivity contribution >= 4 is 21.9 Å². The lowest BCUT2D eigenvalue weighted by Crippen LogP contribution is -2.09. The Morgan fingerprint density at radius 1 is 1.62 bits per heavy atom. The predicted molar refractivity (Wildman–Crippen MR) is 57.1 cm³/mol. The average molecular weight is 286 g/mol. The van der Waals surface area contributed by atoms with Crippen molar-refractivity contribution in [1.29, 1.82) is 0 Å². The lowest BCUT2D eigenvalue weighted by atomic mass is 10.4. The molecule has 16 heavy (non-hydrogen) atoms. The van der Waals surface area contributed by atoms with E-state index < -0.39 is 5.97 Å². The summed E-state index contributed by atoms with van der Waals surface area (Å²) in [7, 11) is 0. The minimum absolute atomic E-state index is 0.228. The first-order valence-electron chi connectivity index (χ1n) is 4.51. The molecule has 0 radical (unpaired) electrons. The van der Waals surface area contributed by atoms with E-state index in [1.165, 1.54) is 6.33 Å². The fourth-order valence-electron chi connectivity index (χ4n) is 1.36. The molecular weight excluding hydrogens is 278 g/mol. The van der Waals surface area contributed by atoms with Gasteiger partial charge in [0.05, 0.1) is 0 Å². The highest BCUT2D eigenvalue weighted by Crippen LogP contribution is 2.15. The molecule has 0 atom stereocenters. The van der Waals surface area contributed by atoms with Crippen LogP contribution >= 0.6 is 15.9 Å². The Morgan fingerprint density at radius 2 is 2.44 bits per heavy atom. The molecule has 0 unspecified atom stereocenters. The highest BCUT2D eigenvalue weighted by molar-refractivity contribution is 9.10. The van der Waals surface area contributed by atoms with Gasteiger partial charge in [0.15, 0.2) is 6.33 Å². The molecule has 0 fully saturated rings. The number of aryl methyl sites for hydroxylation is 2. The quantitative estimate of drug-likeness (QED) is 0.922. The molecule has 0 saturated carbocycles. The summed E-state index contributed by atoms with van der Waals surface area (Å²) in [6.07, 6.45) is 3.53. The van der Waals surface area contributed by atoms with E-state index in [1.54, 1.807) is 16.8 Å². The van der Waals surface area contributed by atoms with Crippen LogP contribution in [0.4, 0.5) is 0 Å². The Kier molecular flexibility index (Phi) is 3.04. The van der Waals surface area contributed by atoms with Gasteiger partial charge < -0.3 is 14.2 Å². The molecule has 7 heteroatoms. The number of halogens is 1. The summed E-state index contributed by atoms with van der Waals surface area (Å²) in [6, 6.07) is 1.55. The van der Waals surface area contributed by atoms with Crippen molar-refractivity contribution < 1.29 is 14.4 Å². The van der Waals surface area contributed by atoms with Gasteiger partial charge in [0.1, 0.15) is 5.69 Å². The number of aromatic nitrogens is 3. The lowest BCUT2D eigenvalue weighted by molar-refractivity contribution is 0.0685. The fraction of sp³-hybridized carbons (Fsp3) is 0.222. The molecular formula is C9H8BrN3O3. The van der Waals surface area contributed by atoms with E-state index >= 15 is 0 Å². The van der Waals surface area contributed by atoms with Crippen molar-refractivity contribution in [3.8, 4) is 0 Å². The Bertz CT molecular complexity index is 492. The van der Waals surface area contributed by atoms with Crippen molar-refractivity contribution in [2.75, 3.05) is 0 Å². The third-order valence-corrected chi connectivity index (χ3v) is 2.49. The molecule has 84 valence electrons. The zero-order chi connectivity index (χ0) is 11.5. The first-order chi connectivity index (χ1) is 7.66. The standard InChI is InChI=1S/C9H8BrN3O3/c10-6-3-7(9(14)15)13(4-6)2-1-8-11-5-12-16-8/h3-5H,1-2H2,(H,14,15). The van der Waals surface area contributed by atoms with Gasteiger partial charge >= 0.3 is 5.97 Å². The van der Waals surface area contributed by atoms with Crippen LogP contribution in [0.3, 0.4) is 0 Å². The second-order valence-electron chi connectivity index (χ2n) is 3.13. The number of hydrogen-bond acceptors (Lipinski definition) is 4. The van der Waals surface area contributed by atoms with Gasteiger partial charge in [-0.25, -0.2) is 4.79 Å². The highest BCUT2D eigenvalue weighted by atomic mass is 79.9. The topological polar surface area (TPSA) is 81.1 Å². The highest BCUT2D eigenvalue weighted by Gasteiger charge is 2.12. The first kappa shape index (κ1) is 10.9. The molecule has 0 spiro atoms. The Hall–Kier alpha value is -1.63. The molecule has 2 rings (SSSR count). The van der Waals surface area contributed by atoms with Crippen molar-refractivity contribution in [1.82, 2.24) is 14.7 Å². The lowest BCUT2D eigenvalue weighted by Gasteiger charge is -2.02. The number of carboxylic acid groups (broad SMARTS) is 1. The van der Waals surface area contributed by atoms with Gasteiger partial charge in [-0.15, -0.1) is 0 Å². The molecule has 1 N–H and O–H groups in total. The third-order valence-electron chi connectivity index (χ3n) is 2.06. The van der Waals surface area contributed by atoms with Crippen molar-refractivity contribution in [2.45, 2.75) is 13.0 Å². The van der Waals surface area contributed by atoms with Crippen molar-refractivity contribution in [3.05, 3.63) is 34.6 Å². The number of carboxylic acids is 1. The minimum Gasteiger partial charge on any atom is -0.477 e. The van der Waals surface area contributed by atoms with E-state index in [-0.39, 0.29) is 5.69 Å². The van der Waals surface area contributed by atoms with Crippen LogP contribution in [-0.4, -0.2) is 25.8 Å². The maximum absolute atomic E-state index is 10.9. The number of aromatic carboxylic acids is 1. The van der Waals surface area contributed by atoms with Crippen molar-refractivity contribution in [2.24, 2.45) is 0 Å². The first-order valence-corrected chi connectivity index (χ1v) is 5.30. The minimum atomic E-state index is -0.962. The summed E-state index contributed by atoms with van der Waals surface area (Å²) in [6.45, 7) is 0.482. The van der Waals surface area contributed by atoms with Gasteiger partial charge in [-0.3, -0.25) is 0 Å². The molecule has 6 nitrogen and oxygen atoms in total. The maximum atomic E-state index is 10.9. The van der Waals surface area contributed by atoms with E-state index in [2.05, 4.69) is 26.1 Å². The summed E-state index contributed by atoms with van der Waals surface area (Å²) in [5.41, 5.74) is 0.228. The van der Waals surface area contributed by atoms with E-state index in [0.29, 0.717) is 18.9 Å². The molecule has 0 saturated heterocycles. The van der Waals surface area contributed by atoms with Crippen LogP contribution in [0.1, 0.15) is 16.4 Å². The zero-order valence-electron chi connectivity index (χ0n) is 8.13. The molecule has 0 bridgehead atoms. The van der Waals surface area contributed by atoms with Gasteiger partial charge in [0.25, 0.3) is 0 Å². The molecule has 2 aromatic rings. The van der Waals surface area contributed by atoms with Crippen LogP contribution in [0, 0.1) is 0 Å². The van der Waals surface area contributed by atoms with E-state index in [4.69, 9.17) is 9.63 Å². The molecule has 0 aliphatic rings. The van der Waals surface area contributed by atoms with E-state index in [9.17, 15) is 4.79 Å². The van der Waals surface area contributed by atoms with Crippen LogP contribution in [0.5, 0.6) is 0 Å². The summed E-state index contributed by atoms with van der Waals surface area (Å²) in [4.78, 5) is 14.8. The molecule has 0 aliphatic carbocycles. The summed E-state index contributed by atoms with van der Waals surface area (Å²) in [5.74, 6) is -0.475. The fourth-order valence-corrected chi connectivity index (χ4v) is 1.83. The number of rotatable bonds is 4. The normalized spacial score (nSPS) is 10.6. The molecule has 0 aromatic carbocycles. The Balaban J connectivity index is 2.12. The maximum Gasteiger partial charge on any atom is 0.352 e. The SMILES string of the molecule is O=C(O)c1cc(Br)cn1CCc1ncno1. The largest absolute Gasteiger partial charge is 0.477 e. The van der Waals surface area contributed by atoms with Crippen LogP contribution < -0.4 is 0 Å². The second kappa shape index (κ2) is 4.48. The molecule has 2 heterocycles. The molecule has 2 aromatic heterocycles. The Morgan fingerprint density at radius 3 is 3.06 bits per heavy atom. The van der Waals surface area contributed by atoms with E-state index in [1.807, 2.05) is 0 Å². The van der Waals surface area contributed by atoms with Gasteiger partial charge in [-0.1, -0.05) is 5.16 Å². The van der Waals surface area contributed by atoms with Crippen molar-refractivity contribution in [3.63, 3.8) is 0 Å². The second-order valence-corrected chi connectivity index (χ2v) is 4.04. The number of hydrogen-bond donors (Lipinski definition) is 1.